The average Bonchev–Trinajstić information content (AvgIpc) is 2.35. The van der Waals surface area contributed by atoms with Gasteiger partial charge in [0.2, 0.25) is 0 Å². The van der Waals surface area contributed by atoms with Gasteiger partial charge in [-0.15, -0.1) is 11.8 Å². The van der Waals surface area contributed by atoms with E-state index in [-0.39, 0.29) is 6.04 Å². The van der Waals surface area contributed by atoms with Crippen LogP contribution < -0.4 is 5.32 Å². The third-order valence-electron chi connectivity index (χ3n) is 2.69. The molecule has 0 saturated carbocycles. The molecular weight excluding hydrogens is 232 g/mol. The monoisotopic (exact) mass is 251 g/mol. The second kappa shape index (κ2) is 7.84. The standard InChI is InChI=1S/C15H19F2N/c1-3-5-6-14(18-9-4-2)10-12-7-8-13(16)11-15(12)17/h7-8,11,14,18H,4,6,9-10H2,1-2H3. The van der Waals surface area contributed by atoms with Gasteiger partial charge in [0.25, 0.3) is 0 Å². The molecule has 1 unspecified atom stereocenters. The van der Waals surface area contributed by atoms with Crippen LogP contribution in [0.3, 0.4) is 0 Å². The van der Waals surface area contributed by atoms with Gasteiger partial charge in [0.05, 0.1) is 0 Å². The van der Waals surface area contributed by atoms with Crippen molar-refractivity contribution in [3.05, 3.63) is 35.4 Å². The fraction of sp³-hybridized carbons (Fsp3) is 0.467. The second-order valence-corrected chi connectivity index (χ2v) is 4.22. The van der Waals surface area contributed by atoms with Crippen LogP contribution >= 0.6 is 0 Å². The summed E-state index contributed by atoms with van der Waals surface area (Å²) in [6, 6.07) is 3.83. The van der Waals surface area contributed by atoms with Crippen LogP contribution in [0.4, 0.5) is 8.78 Å². The summed E-state index contributed by atoms with van der Waals surface area (Å²) < 4.78 is 26.4. The smallest absolute Gasteiger partial charge is 0.129 e. The molecule has 0 spiro atoms. The van der Waals surface area contributed by atoms with Crippen molar-refractivity contribution in [2.75, 3.05) is 6.54 Å². The Balaban J connectivity index is 2.70. The Morgan fingerprint density at radius 2 is 2.11 bits per heavy atom. The topological polar surface area (TPSA) is 12.0 Å². The van der Waals surface area contributed by atoms with Crippen molar-refractivity contribution in [3.63, 3.8) is 0 Å². The summed E-state index contributed by atoms with van der Waals surface area (Å²) in [6.07, 6.45) is 2.22. The predicted molar refractivity (Wildman–Crippen MR) is 70.2 cm³/mol. The highest BCUT2D eigenvalue weighted by molar-refractivity contribution is 5.20. The second-order valence-electron chi connectivity index (χ2n) is 4.22. The fourth-order valence-corrected chi connectivity index (χ4v) is 1.74. The lowest BCUT2D eigenvalue weighted by molar-refractivity contribution is 0.499. The van der Waals surface area contributed by atoms with Gasteiger partial charge in [-0.3, -0.25) is 0 Å². The Bertz CT molecular complexity index is 432. The molecule has 98 valence electrons. The van der Waals surface area contributed by atoms with Gasteiger partial charge >= 0.3 is 0 Å². The largest absolute Gasteiger partial charge is 0.313 e. The van der Waals surface area contributed by atoms with Gasteiger partial charge in [-0.1, -0.05) is 13.0 Å². The Labute approximate surface area is 108 Å². The normalized spacial score (nSPS) is 11.8. The maximum absolute atomic E-state index is 13.6. The van der Waals surface area contributed by atoms with Gasteiger partial charge in [0, 0.05) is 18.5 Å². The van der Waals surface area contributed by atoms with E-state index in [4.69, 9.17) is 0 Å². The summed E-state index contributed by atoms with van der Waals surface area (Å²) >= 11 is 0. The zero-order chi connectivity index (χ0) is 13.4. The molecule has 1 aromatic carbocycles. The van der Waals surface area contributed by atoms with Crippen molar-refractivity contribution in [3.8, 4) is 11.8 Å². The molecule has 0 bridgehead atoms. The van der Waals surface area contributed by atoms with Crippen LogP contribution in [0.1, 0.15) is 32.3 Å². The summed E-state index contributed by atoms with van der Waals surface area (Å²) in [6.45, 7) is 4.74. The van der Waals surface area contributed by atoms with E-state index in [1.54, 1.807) is 6.92 Å². The molecule has 0 amide bonds. The van der Waals surface area contributed by atoms with E-state index in [0.717, 1.165) is 19.0 Å². The van der Waals surface area contributed by atoms with Crippen LogP contribution in [0.15, 0.2) is 18.2 Å². The molecule has 1 atom stereocenters. The number of rotatable bonds is 6. The molecule has 18 heavy (non-hydrogen) atoms. The number of hydrogen-bond acceptors (Lipinski definition) is 1. The van der Waals surface area contributed by atoms with Crippen molar-refractivity contribution in [1.82, 2.24) is 5.32 Å². The zero-order valence-corrected chi connectivity index (χ0v) is 10.9. The van der Waals surface area contributed by atoms with Crippen molar-refractivity contribution in [2.45, 2.75) is 39.2 Å². The lowest BCUT2D eigenvalue weighted by Gasteiger charge is -2.16. The molecule has 3 heteroatoms. The van der Waals surface area contributed by atoms with Crippen molar-refractivity contribution in [2.24, 2.45) is 0 Å². The highest BCUT2D eigenvalue weighted by Gasteiger charge is 2.11. The van der Waals surface area contributed by atoms with Gasteiger partial charge in [-0.25, -0.2) is 8.78 Å². The molecule has 0 saturated heterocycles. The number of hydrogen-bond donors (Lipinski definition) is 1. The van der Waals surface area contributed by atoms with Crippen LogP contribution in [-0.4, -0.2) is 12.6 Å². The van der Waals surface area contributed by atoms with Gasteiger partial charge in [-0.2, -0.15) is 0 Å². The first-order valence-electron chi connectivity index (χ1n) is 6.24. The zero-order valence-electron chi connectivity index (χ0n) is 10.9. The molecule has 1 N–H and O–H groups in total. The first-order valence-corrected chi connectivity index (χ1v) is 6.24. The van der Waals surface area contributed by atoms with Crippen LogP contribution in [0.25, 0.3) is 0 Å². The Morgan fingerprint density at radius 1 is 1.33 bits per heavy atom. The molecule has 1 nitrogen and oxygen atoms in total. The first-order chi connectivity index (χ1) is 8.67. The maximum atomic E-state index is 13.6. The van der Waals surface area contributed by atoms with Crippen molar-refractivity contribution >= 4 is 0 Å². The summed E-state index contributed by atoms with van der Waals surface area (Å²) in [4.78, 5) is 0. The molecule has 1 aromatic rings. The maximum Gasteiger partial charge on any atom is 0.129 e. The molecule has 0 aliphatic heterocycles. The third-order valence-corrected chi connectivity index (χ3v) is 2.69. The Hall–Kier alpha value is -1.40. The minimum Gasteiger partial charge on any atom is -0.313 e. The molecule has 1 rings (SSSR count). The first kappa shape index (κ1) is 14.7. The van der Waals surface area contributed by atoms with Gasteiger partial charge in [0.15, 0.2) is 0 Å². The van der Waals surface area contributed by atoms with Gasteiger partial charge in [0.1, 0.15) is 11.6 Å². The Morgan fingerprint density at radius 3 is 2.72 bits per heavy atom. The predicted octanol–water partition coefficient (Wildman–Crippen LogP) is 3.29. The van der Waals surface area contributed by atoms with E-state index >= 15 is 0 Å². The van der Waals surface area contributed by atoms with Crippen LogP contribution in [-0.2, 0) is 6.42 Å². The molecule has 0 fully saturated rings. The summed E-state index contributed by atoms with van der Waals surface area (Å²) in [5, 5.41) is 3.33. The minimum absolute atomic E-state index is 0.109. The van der Waals surface area contributed by atoms with Crippen LogP contribution in [0, 0.1) is 23.5 Å². The van der Waals surface area contributed by atoms with Crippen LogP contribution in [0.2, 0.25) is 0 Å². The minimum atomic E-state index is -0.539. The number of halogens is 2. The molecule has 0 aromatic heterocycles. The summed E-state index contributed by atoms with van der Waals surface area (Å²) in [7, 11) is 0. The van der Waals surface area contributed by atoms with E-state index in [1.807, 2.05) is 0 Å². The summed E-state index contributed by atoms with van der Waals surface area (Å²) in [5.74, 6) is 4.82. The van der Waals surface area contributed by atoms with Gasteiger partial charge in [-0.05, 0) is 37.9 Å². The van der Waals surface area contributed by atoms with Crippen molar-refractivity contribution < 1.29 is 8.78 Å². The Kier molecular flexibility index (Phi) is 6.38. The number of benzene rings is 1. The molecule has 0 heterocycles. The van der Waals surface area contributed by atoms with E-state index in [1.165, 1.54) is 12.1 Å². The van der Waals surface area contributed by atoms with E-state index in [2.05, 4.69) is 24.1 Å². The lowest BCUT2D eigenvalue weighted by Crippen LogP contribution is -2.31. The lowest BCUT2D eigenvalue weighted by atomic mass is 10.0. The molecule has 0 radical (unpaired) electrons. The average molecular weight is 251 g/mol. The third kappa shape index (κ3) is 4.85. The van der Waals surface area contributed by atoms with E-state index in [9.17, 15) is 8.78 Å². The quantitative estimate of drug-likeness (QED) is 0.765. The van der Waals surface area contributed by atoms with E-state index in [0.29, 0.717) is 18.4 Å². The van der Waals surface area contributed by atoms with Gasteiger partial charge < -0.3 is 5.32 Å². The summed E-state index contributed by atoms with van der Waals surface area (Å²) in [5.41, 5.74) is 0.530. The number of nitrogens with one attached hydrogen (secondary N) is 1. The van der Waals surface area contributed by atoms with Crippen LogP contribution in [0.5, 0.6) is 0 Å². The molecular formula is C15H19F2N. The van der Waals surface area contributed by atoms with Crippen molar-refractivity contribution in [1.29, 1.82) is 0 Å². The fourth-order valence-electron chi connectivity index (χ4n) is 1.74. The molecule has 0 aliphatic rings. The van der Waals surface area contributed by atoms with E-state index < -0.39 is 11.6 Å². The highest BCUT2D eigenvalue weighted by atomic mass is 19.1. The SMILES string of the molecule is CC#CCC(Cc1ccc(F)cc1F)NCCC. The highest BCUT2D eigenvalue weighted by Crippen LogP contribution is 2.13. The molecule has 0 aliphatic carbocycles.